The molecule has 0 fully saturated rings. The second-order valence-corrected chi connectivity index (χ2v) is 8.16. The van der Waals surface area contributed by atoms with Crippen LogP contribution in [-0.2, 0) is 0 Å². The molecule has 0 radical (unpaired) electrons. The van der Waals surface area contributed by atoms with Crippen molar-refractivity contribution in [3.05, 3.63) is 70.9 Å². The zero-order valence-electron chi connectivity index (χ0n) is 17.3. The number of hydrogen-bond acceptors (Lipinski definition) is 6. The summed E-state index contributed by atoms with van der Waals surface area (Å²) in [7, 11) is 0. The molecule has 0 saturated carbocycles. The number of nitrogens with zero attached hydrogens (tertiary/aromatic N) is 2. The van der Waals surface area contributed by atoms with Crippen molar-refractivity contribution in [2.75, 3.05) is 11.3 Å². The molecule has 30 heavy (non-hydrogen) atoms. The van der Waals surface area contributed by atoms with E-state index in [-0.39, 0.29) is 11.5 Å². The van der Waals surface area contributed by atoms with Gasteiger partial charge in [0.25, 0.3) is 0 Å². The van der Waals surface area contributed by atoms with Crippen LogP contribution in [0.25, 0.3) is 11.3 Å². The summed E-state index contributed by atoms with van der Waals surface area (Å²) in [6, 6.07) is 15.0. The highest BCUT2D eigenvalue weighted by atomic mass is 32.2. The van der Waals surface area contributed by atoms with Crippen molar-refractivity contribution >= 4 is 23.9 Å². The lowest BCUT2D eigenvalue weighted by atomic mass is 9.97. The number of aryl methyl sites for hydroxylation is 2. The summed E-state index contributed by atoms with van der Waals surface area (Å²) in [5.41, 5.74) is 11.2. The van der Waals surface area contributed by atoms with Crippen LogP contribution in [0, 0.1) is 13.8 Å². The Morgan fingerprint density at radius 1 is 1.13 bits per heavy atom. The van der Waals surface area contributed by atoms with Crippen LogP contribution < -0.4 is 10.5 Å². The van der Waals surface area contributed by atoms with Gasteiger partial charge in [-0.3, -0.25) is 4.72 Å². The summed E-state index contributed by atoms with van der Waals surface area (Å²) in [6.45, 7) is 6.85. The molecule has 156 valence electrons. The topological polar surface area (TPSA) is 101 Å². The number of aromatic carboxylic acids is 1. The molecule has 1 heterocycles. The number of rotatable bonds is 8. The van der Waals surface area contributed by atoms with Gasteiger partial charge in [-0.25, -0.2) is 14.8 Å². The predicted octanol–water partition coefficient (Wildman–Crippen LogP) is 5.03. The van der Waals surface area contributed by atoms with Crippen LogP contribution in [-0.4, -0.2) is 27.6 Å². The average molecular weight is 423 g/mol. The Hall–Kier alpha value is -2.90. The molecule has 0 amide bonds. The van der Waals surface area contributed by atoms with Gasteiger partial charge in [-0.15, -0.1) is 0 Å². The SMILES string of the molecule is Cc1cccc(C)c1-c1cc(C(C)CCN)nc(NSc2cccc(C(=O)O)c2)n1. The van der Waals surface area contributed by atoms with E-state index in [4.69, 9.17) is 15.7 Å². The first-order valence-corrected chi connectivity index (χ1v) is 10.6. The van der Waals surface area contributed by atoms with Gasteiger partial charge in [0.2, 0.25) is 5.95 Å². The van der Waals surface area contributed by atoms with Crippen LogP contribution >= 0.6 is 11.9 Å². The van der Waals surface area contributed by atoms with Crippen molar-refractivity contribution in [3.63, 3.8) is 0 Å². The molecule has 7 heteroatoms. The maximum absolute atomic E-state index is 11.2. The molecule has 0 aliphatic heterocycles. The standard InChI is InChI=1S/C23H26N4O2S/c1-14(10-11-24)19-13-20(21-15(2)6-4-7-16(21)3)26-23(25-19)27-30-18-9-5-8-17(12-18)22(28)29/h4-9,12-14H,10-11,24H2,1-3H3,(H,28,29)(H,25,26,27). The van der Waals surface area contributed by atoms with E-state index in [1.807, 2.05) is 18.2 Å². The maximum Gasteiger partial charge on any atom is 0.335 e. The number of carboxylic acids is 1. The molecular weight excluding hydrogens is 396 g/mol. The van der Waals surface area contributed by atoms with Crippen LogP contribution in [0.3, 0.4) is 0 Å². The lowest BCUT2D eigenvalue weighted by molar-refractivity contribution is 0.0696. The lowest BCUT2D eigenvalue weighted by Crippen LogP contribution is -2.08. The number of hydrogen-bond donors (Lipinski definition) is 3. The van der Waals surface area contributed by atoms with E-state index < -0.39 is 5.97 Å². The van der Waals surface area contributed by atoms with E-state index in [2.05, 4.69) is 37.6 Å². The van der Waals surface area contributed by atoms with Crippen LogP contribution in [0.1, 0.15) is 46.4 Å². The summed E-state index contributed by atoms with van der Waals surface area (Å²) in [5, 5.41) is 9.19. The molecule has 0 saturated heterocycles. The molecule has 1 aromatic heterocycles. The Kier molecular flexibility index (Phi) is 7.07. The average Bonchev–Trinajstić information content (AvgIpc) is 2.72. The third-order valence-corrected chi connectivity index (χ3v) is 5.70. The minimum Gasteiger partial charge on any atom is -0.478 e. The summed E-state index contributed by atoms with van der Waals surface area (Å²) in [6.07, 6.45) is 0.830. The molecule has 1 unspecified atom stereocenters. The summed E-state index contributed by atoms with van der Waals surface area (Å²) < 4.78 is 3.18. The van der Waals surface area contributed by atoms with Gasteiger partial charge in [0.1, 0.15) is 0 Å². The first-order chi connectivity index (χ1) is 14.4. The minimum atomic E-state index is -0.955. The van der Waals surface area contributed by atoms with Crippen LogP contribution in [0.5, 0.6) is 0 Å². The quantitative estimate of drug-likeness (QED) is 0.438. The van der Waals surface area contributed by atoms with Gasteiger partial charge in [0.15, 0.2) is 0 Å². The fourth-order valence-electron chi connectivity index (χ4n) is 3.31. The van der Waals surface area contributed by atoms with Crippen molar-refractivity contribution in [1.29, 1.82) is 0 Å². The number of anilines is 1. The monoisotopic (exact) mass is 422 g/mol. The number of carbonyl (C=O) groups is 1. The van der Waals surface area contributed by atoms with E-state index in [9.17, 15) is 9.90 Å². The third kappa shape index (κ3) is 5.17. The minimum absolute atomic E-state index is 0.196. The molecule has 4 N–H and O–H groups in total. The number of aromatic nitrogens is 2. The predicted molar refractivity (Wildman–Crippen MR) is 122 cm³/mol. The molecule has 2 aromatic carbocycles. The normalized spacial score (nSPS) is 11.9. The molecular formula is C23H26N4O2S. The van der Waals surface area contributed by atoms with Gasteiger partial charge < -0.3 is 10.8 Å². The van der Waals surface area contributed by atoms with Crippen molar-refractivity contribution < 1.29 is 9.90 Å². The Morgan fingerprint density at radius 3 is 2.50 bits per heavy atom. The Bertz CT molecular complexity index is 1030. The van der Waals surface area contributed by atoms with Crippen LogP contribution in [0.2, 0.25) is 0 Å². The zero-order chi connectivity index (χ0) is 21.7. The number of nitrogens with one attached hydrogen (secondary N) is 1. The first kappa shape index (κ1) is 21.8. The summed E-state index contributed by atoms with van der Waals surface area (Å²) in [5.74, 6) is -0.273. The van der Waals surface area contributed by atoms with Gasteiger partial charge >= 0.3 is 5.97 Å². The molecule has 0 aliphatic rings. The second-order valence-electron chi connectivity index (χ2n) is 7.28. The maximum atomic E-state index is 11.2. The molecule has 6 nitrogen and oxygen atoms in total. The summed E-state index contributed by atoms with van der Waals surface area (Å²) >= 11 is 1.29. The van der Waals surface area contributed by atoms with Gasteiger partial charge in [-0.1, -0.05) is 31.2 Å². The van der Waals surface area contributed by atoms with E-state index in [1.165, 1.54) is 11.9 Å². The lowest BCUT2D eigenvalue weighted by Gasteiger charge is -2.16. The zero-order valence-corrected chi connectivity index (χ0v) is 18.2. The van der Waals surface area contributed by atoms with Gasteiger partial charge in [-0.2, -0.15) is 0 Å². The number of carboxylic acid groups (broad SMARTS) is 1. The Morgan fingerprint density at radius 2 is 1.83 bits per heavy atom. The molecule has 0 bridgehead atoms. The Labute approximate surface area is 181 Å². The fourth-order valence-corrected chi connectivity index (χ4v) is 3.94. The molecule has 3 aromatic rings. The van der Waals surface area contributed by atoms with Crippen molar-refractivity contribution in [2.45, 2.75) is 38.0 Å². The number of nitrogens with two attached hydrogens (primary N) is 1. The van der Waals surface area contributed by atoms with Crippen LogP contribution in [0.15, 0.2) is 53.4 Å². The highest BCUT2D eigenvalue weighted by molar-refractivity contribution is 8.00. The second kappa shape index (κ2) is 9.73. The third-order valence-electron chi connectivity index (χ3n) is 4.93. The highest BCUT2D eigenvalue weighted by Crippen LogP contribution is 2.30. The molecule has 0 aliphatic carbocycles. The highest BCUT2D eigenvalue weighted by Gasteiger charge is 2.15. The fraction of sp³-hybridized carbons (Fsp3) is 0.261. The van der Waals surface area contributed by atoms with E-state index >= 15 is 0 Å². The summed E-state index contributed by atoms with van der Waals surface area (Å²) in [4.78, 5) is 21.4. The Balaban J connectivity index is 1.96. The number of benzene rings is 2. The smallest absolute Gasteiger partial charge is 0.335 e. The van der Waals surface area contributed by atoms with Crippen molar-refractivity contribution in [2.24, 2.45) is 5.73 Å². The molecule has 1 atom stereocenters. The van der Waals surface area contributed by atoms with Gasteiger partial charge in [0.05, 0.1) is 11.3 Å². The first-order valence-electron chi connectivity index (χ1n) is 9.81. The van der Waals surface area contributed by atoms with E-state index in [1.54, 1.807) is 18.2 Å². The van der Waals surface area contributed by atoms with E-state index in [0.29, 0.717) is 12.5 Å². The van der Waals surface area contributed by atoms with Crippen molar-refractivity contribution in [1.82, 2.24) is 9.97 Å². The van der Waals surface area contributed by atoms with Gasteiger partial charge in [0, 0.05) is 16.2 Å². The molecule has 3 rings (SSSR count). The van der Waals surface area contributed by atoms with Crippen molar-refractivity contribution in [3.8, 4) is 11.3 Å². The van der Waals surface area contributed by atoms with E-state index in [0.717, 1.165) is 39.4 Å². The van der Waals surface area contributed by atoms with Crippen LogP contribution in [0.4, 0.5) is 5.95 Å². The van der Waals surface area contributed by atoms with Gasteiger partial charge in [-0.05, 0) is 80.1 Å². The molecule has 0 spiro atoms. The largest absolute Gasteiger partial charge is 0.478 e.